The van der Waals surface area contributed by atoms with Crippen LogP contribution in [-0.4, -0.2) is 18.3 Å². The molecule has 4 nitrogen and oxygen atoms in total. The standard InChI is InChI=1S/C17H21NO3/c1-3-20-15-8-9-17(21-4-2)16(11-15)18-12-13-6-5-7-14(19)10-13/h5-11,18-19H,3-4,12H2,1-2H3. The van der Waals surface area contributed by atoms with Crippen LogP contribution < -0.4 is 14.8 Å². The van der Waals surface area contributed by atoms with Crippen molar-refractivity contribution in [3.63, 3.8) is 0 Å². The molecule has 0 saturated carbocycles. The predicted octanol–water partition coefficient (Wildman–Crippen LogP) is 3.80. The van der Waals surface area contributed by atoms with Gasteiger partial charge < -0.3 is 19.9 Å². The average molecular weight is 287 g/mol. The van der Waals surface area contributed by atoms with E-state index in [0.717, 1.165) is 22.7 Å². The van der Waals surface area contributed by atoms with E-state index in [1.54, 1.807) is 12.1 Å². The third-order valence-electron chi connectivity index (χ3n) is 2.96. The van der Waals surface area contributed by atoms with Gasteiger partial charge in [-0.1, -0.05) is 12.1 Å². The van der Waals surface area contributed by atoms with Gasteiger partial charge in [-0.25, -0.2) is 0 Å². The number of hydrogen-bond acceptors (Lipinski definition) is 4. The molecule has 0 aromatic heterocycles. The van der Waals surface area contributed by atoms with E-state index in [9.17, 15) is 5.11 Å². The highest BCUT2D eigenvalue weighted by Gasteiger charge is 2.06. The molecule has 0 radical (unpaired) electrons. The summed E-state index contributed by atoms with van der Waals surface area (Å²) < 4.78 is 11.1. The fourth-order valence-electron chi connectivity index (χ4n) is 2.05. The maximum absolute atomic E-state index is 9.49. The zero-order chi connectivity index (χ0) is 15.1. The van der Waals surface area contributed by atoms with Gasteiger partial charge in [0.1, 0.15) is 17.2 Å². The molecule has 21 heavy (non-hydrogen) atoms. The topological polar surface area (TPSA) is 50.7 Å². The van der Waals surface area contributed by atoms with E-state index in [2.05, 4.69) is 5.32 Å². The average Bonchev–Trinajstić information content (AvgIpc) is 2.48. The van der Waals surface area contributed by atoms with Gasteiger partial charge in [0.05, 0.1) is 18.9 Å². The molecule has 2 rings (SSSR count). The first-order valence-corrected chi connectivity index (χ1v) is 7.14. The summed E-state index contributed by atoms with van der Waals surface area (Å²) in [6, 6.07) is 12.9. The largest absolute Gasteiger partial charge is 0.508 e. The van der Waals surface area contributed by atoms with Crippen LogP contribution in [0, 0.1) is 0 Å². The summed E-state index contributed by atoms with van der Waals surface area (Å²) in [5.41, 5.74) is 1.88. The number of nitrogens with one attached hydrogen (secondary N) is 1. The molecule has 0 amide bonds. The van der Waals surface area contributed by atoms with Gasteiger partial charge in [-0.2, -0.15) is 0 Å². The van der Waals surface area contributed by atoms with Crippen LogP contribution >= 0.6 is 0 Å². The molecule has 0 aliphatic rings. The van der Waals surface area contributed by atoms with E-state index < -0.39 is 0 Å². The lowest BCUT2D eigenvalue weighted by Gasteiger charge is -2.14. The Labute approximate surface area is 125 Å². The quantitative estimate of drug-likeness (QED) is 0.813. The van der Waals surface area contributed by atoms with Gasteiger partial charge in [-0.05, 0) is 43.7 Å². The Kier molecular flexibility index (Phi) is 5.32. The minimum atomic E-state index is 0.266. The van der Waals surface area contributed by atoms with E-state index in [1.165, 1.54) is 0 Å². The Morgan fingerprint density at radius 3 is 2.52 bits per heavy atom. The van der Waals surface area contributed by atoms with Crippen molar-refractivity contribution in [2.24, 2.45) is 0 Å². The molecule has 0 saturated heterocycles. The molecule has 2 aromatic carbocycles. The number of phenols is 1. The fraction of sp³-hybridized carbons (Fsp3) is 0.294. The highest BCUT2D eigenvalue weighted by Crippen LogP contribution is 2.30. The highest BCUT2D eigenvalue weighted by molar-refractivity contribution is 5.60. The molecule has 0 unspecified atom stereocenters. The van der Waals surface area contributed by atoms with Crippen LogP contribution in [0.15, 0.2) is 42.5 Å². The van der Waals surface area contributed by atoms with Crippen molar-refractivity contribution in [1.82, 2.24) is 0 Å². The van der Waals surface area contributed by atoms with Crippen molar-refractivity contribution >= 4 is 5.69 Å². The summed E-state index contributed by atoms with van der Waals surface area (Å²) in [6.07, 6.45) is 0. The molecule has 0 aliphatic heterocycles. The molecule has 112 valence electrons. The Morgan fingerprint density at radius 1 is 1.00 bits per heavy atom. The zero-order valence-corrected chi connectivity index (χ0v) is 12.4. The summed E-state index contributed by atoms with van der Waals surface area (Å²) >= 11 is 0. The van der Waals surface area contributed by atoms with Crippen molar-refractivity contribution in [3.05, 3.63) is 48.0 Å². The Morgan fingerprint density at radius 2 is 1.81 bits per heavy atom. The number of phenolic OH excluding ortho intramolecular Hbond substituents is 1. The fourth-order valence-corrected chi connectivity index (χ4v) is 2.05. The van der Waals surface area contributed by atoms with Gasteiger partial charge in [0.15, 0.2) is 0 Å². The van der Waals surface area contributed by atoms with Crippen molar-refractivity contribution in [3.8, 4) is 17.2 Å². The van der Waals surface area contributed by atoms with E-state index in [-0.39, 0.29) is 5.75 Å². The minimum Gasteiger partial charge on any atom is -0.508 e. The van der Waals surface area contributed by atoms with E-state index >= 15 is 0 Å². The van der Waals surface area contributed by atoms with Crippen LogP contribution in [0.1, 0.15) is 19.4 Å². The van der Waals surface area contributed by atoms with Crippen LogP contribution in [0.3, 0.4) is 0 Å². The second kappa shape index (κ2) is 7.43. The lowest BCUT2D eigenvalue weighted by Crippen LogP contribution is -2.03. The van der Waals surface area contributed by atoms with E-state index in [1.807, 2.05) is 44.2 Å². The Hall–Kier alpha value is -2.36. The second-order valence-electron chi connectivity index (χ2n) is 4.55. The summed E-state index contributed by atoms with van der Waals surface area (Å²) in [4.78, 5) is 0. The summed E-state index contributed by atoms with van der Waals surface area (Å²) in [6.45, 7) is 5.74. The predicted molar refractivity (Wildman–Crippen MR) is 84.2 cm³/mol. The minimum absolute atomic E-state index is 0.266. The van der Waals surface area contributed by atoms with Gasteiger partial charge in [-0.15, -0.1) is 0 Å². The van der Waals surface area contributed by atoms with Crippen LogP contribution in [-0.2, 0) is 6.54 Å². The number of benzene rings is 2. The third kappa shape index (κ3) is 4.31. The Bertz CT molecular complexity index is 584. The second-order valence-corrected chi connectivity index (χ2v) is 4.55. The van der Waals surface area contributed by atoms with Gasteiger partial charge in [0.25, 0.3) is 0 Å². The summed E-state index contributed by atoms with van der Waals surface area (Å²) in [5.74, 6) is 1.86. The van der Waals surface area contributed by atoms with Gasteiger partial charge in [-0.3, -0.25) is 0 Å². The van der Waals surface area contributed by atoms with Gasteiger partial charge in [0, 0.05) is 12.6 Å². The first-order valence-electron chi connectivity index (χ1n) is 7.14. The van der Waals surface area contributed by atoms with Gasteiger partial charge in [0.2, 0.25) is 0 Å². The lowest BCUT2D eigenvalue weighted by molar-refractivity contribution is 0.332. The molecule has 2 aromatic rings. The number of anilines is 1. The van der Waals surface area contributed by atoms with E-state index in [0.29, 0.717) is 19.8 Å². The van der Waals surface area contributed by atoms with Crippen LogP contribution in [0.25, 0.3) is 0 Å². The van der Waals surface area contributed by atoms with Crippen molar-refractivity contribution < 1.29 is 14.6 Å². The molecule has 0 fully saturated rings. The summed E-state index contributed by atoms with van der Waals surface area (Å²) in [7, 11) is 0. The molecular weight excluding hydrogens is 266 g/mol. The number of rotatable bonds is 7. The first-order chi connectivity index (χ1) is 10.2. The normalized spacial score (nSPS) is 10.2. The maximum Gasteiger partial charge on any atom is 0.142 e. The zero-order valence-electron chi connectivity index (χ0n) is 12.4. The van der Waals surface area contributed by atoms with Crippen LogP contribution in [0.2, 0.25) is 0 Å². The van der Waals surface area contributed by atoms with E-state index in [4.69, 9.17) is 9.47 Å². The molecule has 0 spiro atoms. The lowest BCUT2D eigenvalue weighted by atomic mass is 10.2. The molecule has 0 heterocycles. The molecule has 0 atom stereocenters. The van der Waals surface area contributed by atoms with Crippen molar-refractivity contribution in [1.29, 1.82) is 0 Å². The highest BCUT2D eigenvalue weighted by atomic mass is 16.5. The Balaban J connectivity index is 2.14. The summed E-state index contributed by atoms with van der Waals surface area (Å²) in [5, 5.41) is 12.8. The molecule has 0 bridgehead atoms. The molecular formula is C17H21NO3. The molecule has 2 N–H and O–H groups in total. The van der Waals surface area contributed by atoms with Crippen LogP contribution in [0.5, 0.6) is 17.2 Å². The number of ether oxygens (including phenoxy) is 2. The maximum atomic E-state index is 9.49. The molecule has 0 aliphatic carbocycles. The van der Waals surface area contributed by atoms with Crippen molar-refractivity contribution in [2.45, 2.75) is 20.4 Å². The SMILES string of the molecule is CCOc1ccc(OCC)c(NCc2cccc(O)c2)c1. The van der Waals surface area contributed by atoms with Gasteiger partial charge >= 0.3 is 0 Å². The third-order valence-corrected chi connectivity index (χ3v) is 2.96. The first kappa shape index (κ1) is 15.0. The monoisotopic (exact) mass is 287 g/mol. The number of hydrogen-bond donors (Lipinski definition) is 2. The smallest absolute Gasteiger partial charge is 0.142 e. The van der Waals surface area contributed by atoms with Crippen molar-refractivity contribution in [2.75, 3.05) is 18.5 Å². The molecule has 4 heteroatoms. The van der Waals surface area contributed by atoms with Crippen LogP contribution in [0.4, 0.5) is 5.69 Å². The number of aromatic hydroxyl groups is 1.